The number of nitro groups is 1. The van der Waals surface area contributed by atoms with Crippen molar-refractivity contribution < 1.29 is 14.5 Å². The molecule has 140 valence electrons. The molecular weight excluding hydrogens is 378 g/mol. The Hall–Kier alpha value is -3.52. The molecule has 28 heavy (non-hydrogen) atoms. The lowest BCUT2D eigenvalue weighted by molar-refractivity contribution is -0.384. The van der Waals surface area contributed by atoms with Crippen molar-refractivity contribution in [3.05, 3.63) is 70.3 Å². The normalized spacial score (nSPS) is 10.9. The summed E-state index contributed by atoms with van der Waals surface area (Å²) in [6.07, 6.45) is 0.206. The number of thiazole rings is 1. The van der Waals surface area contributed by atoms with E-state index < -0.39 is 4.92 Å². The zero-order valence-electron chi connectivity index (χ0n) is 14.8. The first-order chi connectivity index (χ1) is 13.5. The summed E-state index contributed by atoms with van der Waals surface area (Å²) in [5, 5.41) is 16.4. The molecule has 0 bridgehead atoms. The topological polar surface area (TPSA) is 94.4 Å². The summed E-state index contributed by atoms with van der Waals surface area (Å²) in [5.74, 6) is 0.0956. The number of anilines is 1. The number of fused-ring (bicyclic) bond motifs is 2. The quantitative estimate of drug-likeness (QED) is 0.397. The van der Waals surface area contributed by atoms with Crippen LogP contribution in [-0.2, 0) is 11.2 Å². The van der Waals surface area contributed by atoms with Gasteiger partial charge in [0.15, 0.2) is 10.9 Å². The highest BCUT2D eigenvalue weighted by atomic mass is 32.1. The van der Waals surface area contributed by atoms with Crippen LogP contribution in [-0.4, -0.2) is 22.9 Å². The van der Waals surface area contributed by atoms with Gasteiger partial charge >= 0.3 is 0 Å². The number of hydrogen-bond donors (Lipinski definition) is 1. The summed E-state index contributed by atoms with van der Waals surface area (Å²) in [5.41, 5.74) is 1.30. The number of carbonyl (C=O) groups excluding carboxylic acids is 1. The zero-order valence-corrected chi connectivity index (χ0v) is 15.7. The van der Waals surface area contributed by atoms with Crippen LogP contribution in [0.2, 0.25) is 0 Å². The van der Waals surface area contributed by atoms with Gasteiger partial charge in [0, 0.05) is 6.07 Å². The van der Waals surface area contributed by atoms with Crippen LogP contribution in [0.1, 0.15) is 5.56 Å². The van der Waals surface area contributed by atoms with Crippen molar-refractivity contribution >= 4 is 49.1 Å². The third kappa shape index (κ3) is 3.49. The van der Waals surface area contributed by atoms with E-state index in [-0.39, 0.29) is 18.0 Å². The Morgan fingerprint density at radius 3 is 2.71 bits per heavy atom. The average molecular weight is 393 g/mol. The minimum Gasteiger partial charge on any atom is -0.494 e. The molecule has 4 aromatic rings. The molecule has 4 rings (SSSR count). The number of hydrogen-bond acceptors (Lipinski definition) is 6. The van der Waals surface area contributed by atoms with E-state index in [9.17, 15) is 14.9 Å². The van der Waals surface area contributed by atoms with Crippen LogP contribution in [0.4, 0.5) is 10.8 Å². The summed E-state index contributed by atoms with van der Waals surface area (Å²) >= 11 is 1.17. The first kappa shape index (κ1) is 17.9. The van der Waals surface area contributed by atoms with Gasteiger partial charge in [-0.3, -0.25) is 14.9 Å². The van der Waals surface area contributed by atoms with Gasteiger partial charge in [0.1, 0.15) is 5.52 Å². The molecule has 1 amide bonds. The third-order valence-corrected chi connectivity index (χ3v) is 5.22. The maximum atomic E-state index is 12.4. The van der Waals surface area contributed by atoms with Gasteiger partial charge in [0.2, 0.25) is 5.91 Å². The van der Waals surface area contributed by atoms with Crippen molar-refractivity contribution in [2.24, 2.45) is 0 Å². The molecule has 0 fully saturated rings. The first-order valence-electron chi connectivity index (χ1n) is 8.44. The number of ether oxygens (including phenoxy) is 1. The number of non-ortho nitro benzene ring substituents is 1. The Labute approximate surface area is 163 Å². The molecule has 0 atom stereocenters. The van der Waals surface area contributed by atoms with Crippen molar-refractivity contribution in [3.63, 3.8) is 0 Å². The maximum absolute atomic E-state index is 12.4. The predicted molar refractivity (Wildman–Crippen MR) is 109 cm³/mol. The van der Waals surface area contributed by atoms with Gasteiger partial charge in [-0.25, -0.2) is 4.98 Å². The number of rotatable bonds is 5. The number of aromatic nitrogens is 1. The Morgan fingerprint density at radius 1 is 1.18 bits per heavy atom. The predicted octanol–water partition coefficient (Wildman–Crippen LogP) is 4.55. The minimum atomic E-state index is -0.486. The third-order valence-electron chi connectivity index (χ3n) is 4.30. The second-order valence-corrected chi connectivity index (χ2v) is 7.21. The summed E-state index contributed by atoms with van der Waals surface area (Å²) in [4.78, 5) is 27.4. The summed E-state index contributed by atoms with van der Waals surface area (Å²) in [6.45, 7) is 0. The van der Waals surface area contributed by atoms with Crippen molar-refractivity contribution in [3.8, 4) is 5.75 Å². The molecule has 0 saturated heterocycles. The van der Waals surface area contributed by atoms with Crippen molar-refractivity contribution in [2.45, 2.75) is 6.42 Å². The fourth-order valence-corrected chi connectivity index (χ4v) is 3.93. The number of methoxy groups -OCH3 is 1. The molecule has 0 spiro atoms. The molecule has 0 aliphatic carbocycles. The molecule has 0 saturated carbocycles. The molecular formula is C20H15N3O4S. The SMILES string of the molecule is COc1cc([N+](=O)[O-])cc2sc(NC(=O)Cc3ccc4ccccc4c3)nc12. The lowest BCUT2D eigenvalue weighted by atomic mass is 10.1. The standard InChI is InChI=1S/C20H15N3O4S/c1-27-16-10-15(23(25)26)11-17-19(16)22-20(28-17)21-18(24)9-12-6-7-13-4-2-3-5-14(13)8-12/h2-8,10-11H,9H2,1H3,(H,21,22,24). The number of nitrogens with one attached hydrogen (secondary N) is 1. The van der Waals surface area contributed by atoms with Gasteiger partial charge in [0.25, 0.3) is 5.69 Å². The molecule has 1 heterocycles. The number of benzene rings is 3. The molecule has 8 heteroatoms. The molecule has 1 N–H and O–H groups in total. The number of nitrogens with zero attached hydrogens (tertiary/aromatic N) is 2. The second-order valence-electron chi connectivity index (χ2n) is 6.18. The van der Waals surface area contributed by atoms with Crippen LogP contribution in [0.25, 0.3) is 21.0 Å². The van der Waals surface area contributed by atoms with E-state index in [0.29, 0.717) is 21.1 Å². The van der Waals surface area contributed by atoms with E-state index in [1.54, 1.807) is 0 Å². The lowest BCUT2D eigenvalue weighted by Crippen LogP contribution is -2.14. The van der Waals surface area contributed by atoms with E-state index in [4.69, 9.17) is 4.74 Å². The van der Waals surface area contributed by atoms with Crippen LogP contribution in [0.3, 0.4) is 0 Å². The molecule has 7 nitrogen and oxygen atoms in total. The highest BCUT2D eigenvalue weighted by molar-refractivity contribution is 7.22. The van der Waals surface area contributed by atoms with Gasteiger partial charge in [-0.2, -0.15) is 0 Å². The van der Waals surface area contributed by atoms with E-state index in [0.717, 1.165) is 16.3 Å². The summed E-state index contributed by atoms with van der Waals surface area (Å²) in [7, 11) is 1.43. The highest BCUT2D eigenvalue weighted by Gasteiger charge is 2.17. The van der Waals surface area contributed by atoms with Crippen molar-refractivity contribution in [2.75, 3.05) is 12.4 Å². The Morgan fingerprint density at radius 2 is 1.96 bits per heavy atom. The molecule has 0 aliphatic rings. The fourth-order valence-electron chi connectivity index (χ4n) is 3.00. The zero-order chi connectivity index (χ0) is 19.7. The maximum Gasteiger partial charge on any atom is 0.274 e. The van der Waals surface area contributed by atoms with E-state index in [1.165, 1.54) is 30.6 Å². The number of carbonyl (C=O) groups is 1. The second kappa shape index (κ2) is 7.24. The highest BCUT2D eigenvalue weighted by Crippen LogP contribution is 2.36. The van der Waals surface area contributed by atoms with Crippen molar-refractivity contribution in [1.29, 1.82) is 0 Å². The smallest absolute Gasteiger partial charge is 0.274 e. The van der Waals surface area contributed by atoms with Crippen LogP contribution in [0, 0.1) is 10.1 Å². The summed E-state index contributed by atoms with van der Waals surface area (Å²) in [6, 6.07) is 16.6. The average Bonchev–Trinajstić information content (AvgIpc) is 3.09. The molecule has 0 aliphatic heterocycles. The van der Waals surface area contributed by atoms with Crippen LogP contribution >= 0.6 is 11.3 Å². The molecule has 0 radical (unpaired) electrons. The Balaban J connectivity index is 1.56. The first-order valence-corrected chi connectivity index (χ1v) is 9.25. The van der Waals surface area contributed by atoms with Gasteiger partial charge in [-0.15, -0.1) is 0 Å². The number of nitro benzene ring substituents is 1. The van der Waals surface area contributed by atoms with Crippen LogP contribution in [0.15, 0.2) is 54.6 Å². The van der Waals surface area contributed by atoms with Crippen molar-refractivity contribution in [1.82, 2.24) is 4.98 Å². The van der Waals surface area contributed by atoms with Gasteiger partial charge < -0.3 is 10.1 Å². The minimum absolute atomic E-state index is 0.0814. The molecule has 1 aromatic heterocycles. The fraction of sp³-hybridized carbons (Fsp3) is 0.100. The Bertz CT molecular complexity index is 1220. The van der Waals surface area contributed by atoms with E-state index in [1.807, 2.05) is 42.5 Å². The van der Waals surface area contributed by atoms with Gasteiger partial charge in [-0.1, -0.05) is 53.8 Å². The molecule has 3 aromatic carbocycles. The summed E-state index contributed by atoms with van der Waals surface area (Å²) < 4.78 is 5.78. The van der Waals surface area contributed by atoms with Gasteiger partial charge in [-0.05, 0) is 16.3 Å². The van der Waals surface area contributed by atoms with Crippen LogP contribution in [0.5, 0.6) is 5.75 Å². The number of amides is 1. The van der Waals surface area contributed by atoms with Crippen LogP contribution < -0.4 is 10.1 Å². The van der Waals surface area contributed by atoms with E-state index >= 15 is 0 Å². The van der Waals surface area contributed by atoms with E-state index in [2.05, 4.69) is 10.3 Å². The Kier molecular flexibility index (Phi) is 4.62. The lowest BCUT2D eigenvalue weighted by Gasteiger charge is -2.04. The molecule has 0 unspecified atom stereocenters. The monoisotopic (exact) mass is 393 g/mol. The van der Waals surface area contributed by atoms with Gasteiger partial charge in [0.05, 0.1) is 29.2 Å². The largest absolute Gasteiger partial charge is 0.494 e.